The van der Waals surface area contributed by atoms with Crippen molar-refractivity contribution in [2.45, 2.75) is 13.8 Å². The SMILES string of the molecule is C=C(C)CN1CCN(c2c(C)cnc3c(NC(=O)c4c(Cl)ccnc4Cl)cccc23)C1=O. The highest BCUT2D eigenvalue weighted by Gasteiger charge is 2.31. The van der Waals surface area contributed by atoms with E-state index in [1.807, 2.05) is 19.9 Å². The summed E-state index contributed by atoms with van der Waals surface area (Å²) in [4.78, 5) is 37.9. The number of aryl methyl sites for hydroxylation is 1. The number of carbonyl (C=O) groups is 2. The van der Waals surface area contributed by atoms with E-state index in [1.165, 1.54) is 12.3 Å². The van der Waals surface area contributed by atoms with Gasteiger partial charge < -0.3 is 10.2 Å². The fourth-order valence-corrected chi connectivity index (χ4v) is 4.36. The van der Waals surface area contributed by atoms with Crippen LogP contribution in [0.15, 0.2) is 48.8 Å². The Morgan fingerprint density at radius 2 is 2.00 bits per heavy atom. The lowest BCUT2D eigenvalue weighted by Crippen LogP contribution is -2.33. The van der Waals surface area contributed by atoms with Crippen molar-refractivity contribution in [2.24, 2.45) is 0 Å². The van der Waals surface area contributed by atoms with Gasteiger partial charge in [0.15, 0.2) is 0 Å². The number of carbonyl (C=O) groups excluding carboxylic acids is 2. The van der Waals surface area contributed by atoms with E-state index in [2.05, 4.69) is 21.9 Å². The predicted molar refractivity (Wildman–Crippen MR) is 128 cm³/mol. The van der Waals surface area contributed by atoms with Gasteiger partial charge in [-0.1, -0.05) is 47.5 Å². The Morgan fingerprint density at radius 3 is 2.72 bits per heavy atom. The molecule has 0 atom stereocenters. The molecule has 2 aromatic heterocycles. The monoisotopic (exact) mass is 469 g/mol. The number of hydrogen-bond donors (Lipinski definition) is 1. The Hall–Kier alpha value is -3.16. The maximum absolute atomic E-state index is 13.0. The highest BCUT2D eigenvalue weighted by molar-refractivity contribution is 6.39. The van der Waals surface area contributed by atoms with Crippen molar-refractivity contribution in [3.8, 4) is 0 Å². The molecule has 3 amide bonds. The molecule has 1 N–H and O–H groups in total. The van der Waals surface area contributed by atoms with Crippen LogP contribution in [-0.4, -0.2) is 46.4 Å². The summed E-state index contributed by atoms with van der Waals surface area (Å²) in [5, 5.41) is 3.81. The molecule has 164 valence electrons. The fourth-order valence-electron chi connectivity index (χ4n) is 3.83. The van der Waals surface area contributed by atoms with Crippen molar-refractivity contribution in [3.63, 3.8) is 0 Å². The van der Waals surface area contributed by atoms with Gasteiger partial charge in [0.25, 0.3) is 5.91 Å². The summed E-state index contributed by atoms with van der Waals surface area (Å²) >= 11 is 12.2. The van der Waals surface area contributed by atoms with E-state index in [0.717, 1.165) is 22.2 Å². The van der Waals surface area contributed by atoms with Gasteiger partial charge in [0, 0.05) is 37.4 Å². The average molecular weight is 470 g/mol. The van der Waals surface area contributed by atoms with Gasteiger partial charge in [-0.15, -0.1) is 0 Å². The standard InChI is InChI=1S/C23H21Cl2N5O2/c1-13(2)12-29-9-10-30(23(29)32)20-14(3)11-27-19-15(20)5-4-6-17(19)28-22(31)18-16(24)7-8-26-21(18)25/h4-8,11H,1,9-10,12H2,2-3H3,(H,28,31). The van der Waals surface area contributed by atoms with E-state index < -0.39 is 5.91 Å². The Balaban J connectivity index is 1.73. The normalized spacial score (nSPS) is 13.7. The van der Waals surface area contributed by atoms with Crippen LogP contribution in [0.5, 0.6) is 0 Å². The van der Waals surface area contributed by atoms with Crippen molar-refractivity contribution in [3.05, 3.63) is 70.1 Å². The number of pyridine rings is 2. The summed E-state index contributed by atoms with van der Waals surface area (Å²) in [5.74, 6) is -0.491. The van der Waals surface area contributed by atoms with Crippen LogP contribution in [-0.2, 0) is 0 Å². The summed E-state index contributed by atoms with van der Waals surface area (Å²) in [7, 11) is 0. The van der Waals surface area contributed by atoms with Gasteiger partial charge in [-0.25, -0.2) is 9.78 Å². The summed E-state index contributed by atoms with van der Waals surface area (Å²) in [6.45, 7) is 9.42. The second-order valence-electron chi connectivity index (χ2n) is 7.72. The molecule has 0 saturated carbocycles. The number of halogens is 2. The van der Waals surface area contributed by atoms with Crippen LogP contribution in [0, 0.1) is 6.92 Å². The highest BCUT2D eigenvalue weighted by atomic mass is 35.5. The molecule has 1 fully saturated rings. The van der Waals surface area contributed by atoms with Gasteiger partial charge in [0.05, 0.1) is 27.5 Å². The molecule has 1 aromatic carbocycles. The van der Waals surface area contributed by atoms with Gasteiger partial charge in [-0.2, -0.15) is 0 Å². The van der Waals surface area contributed by atoms with E-state index >= 15 is 0 Å². The number of anilines is 2. The lowest BCUT2D eigenvalue weighted by molar-refractivity contribution is 0.102. The van der Waals surface area contributed by atoms with Crippen LogP contribution >= 0.6 is 23.2 Å². The van der Waals surface area contributed by atoms with Crippen LogP contribution in [0.25, 0.3) is 10.9 Å². The first kappa shape index (κ1) is 22.0. The van der Waals surface area contributed by atoms with Gasteiger partial charge in [0.2, 0.25) is 0 Å². The van der Waals surface area contributed by atoms with Crippen LogP contribution in [0.2, 0.25) is 10.2 Å². The van der Waals surface area contributed by atoms with Crippen LogP contribution in [0.4, 0.5) is 16.2 Å². The number of rotatable bonds is 5. The molecule has 0 aliphatic carbocycles. The topological polar surface area (TPSA) is 78.4 Å². The second-order valence-corrected chi connectivity index (χ2v) is 8.48. The zero-order valence-electron chi connectivity index (χ0n) is 17.7. The van der Waals surface area contributed by atoms with Crippen molar-refractivity contribution in [1.29, 1.82) is 0 Å². The Morgan fingerprint density at radius 1 is 1.22 bits per heavy atom. The zero-order valence-corrected chi connectivity index (χ0v) is 19.2. The Kier molecular flexibility index (Phi) is 6.04. The lowest BCUT2D eigenvalue weighted by atomic mass is 10.1. The number of para-hydroxylation sites is 1. The largest absolute Gasteiger partial charge is 0.324 e. The summed E-state index contributed by atoms with van der Waals surface area (Å²) in [6, 6.07) is 6.86. The average Bonchev–Trinajstić information content (AvgIpc) is 3.07. The van der Waals surface area contributed by atoms with Crippen molar-refractivity contribution < 1.29 is 9.59 Å². The third-order valence-corrected chi connectivity index (χ3v) is 5.81. The van der Waals surface area contributed by atoms with E-state index in [0.29, 0.717) is 30.8 Å². The Labute approximate surface area is 195 Å². The van der Waals surface area contributed by atoms with E-state index in [9.17, 15) is 9.59 Å². The molecule has 1 aliphatic rings. The van der Waals surface area contributed by atoms with Gasteiger partial charge in [-0.3, -0.25) is 14.7 Å². The predicted octanol–water partition coefficient (Wildman–Crippen LogP) is 5.32. The molecule has 1 aliphatic heterocycles. The maximum atomic E-state index is 13.0. The second kappa shape index (κ2) is 8.76. The first-order valence-corrected chi connectivity index (χ1v) is 10.7. The summed E-state index contributed by atoms with van der Waals surface area (Å²) in [5.41, 5.74) is 3.70. The smallest absolute Gasteiger partial charge is 0.320 e. The van der Waals surface area contributed by atoms with Crippen LogP contribution < -0.4 is 10.2 Å². The number of aromatic nitrogens is 2. The van der Waals surface area contributed by atoms with Gasteiger partial charge >= 0.3 is 6.03 Å². The molecule has 4 rings (SSSR count). The number of amides is 3. The lowest BCUT2D eigenvalue weighted by Gasteiger charge is -2.22. The minimum atomic E-state index is -0.491. The molecule has 7 nitrogen and oxygen atoms in total. The number of hydrogen-bond acceptors (Lipinski definition) is 4. The van der Waals surface area contributed by atoms with Crippen molar-refractivity contribution in [1.82, 2.24) is 14.9 Å². The quantitative estimate of drug-likeness (QED) is 0.405. The van der Waals surface area contributed by atoms with E-state index in [1.54, 1.807) is 28.1 Å². The molecule has 3 heterocycles. The molecule has 0 unspecified atom stereocenters. The third kappa shape index (κ3) is 4.01. The molecule has 9 heteroatoms. The fraction of sp³-hybridized carbons (Fsp3) is 0.217. The van der Waals surface area contributed by atoms with Crippen LogP contribution in [0.1, 0.15) is 22.8 Å². The number of nitrogens with one attached hydrogen (secondary N) is 1. The number of benzene rings is 1. The van der Waals surface area contributed by atoms with Gasteiger partial charge in [-0.05, 0) is 31.5 Å². The number of fused-ring (bicyclic) bond motifs is 1. The Bertz CT molecular complexity index is 1240. The molecule has 1 saturated heterocycles. The molecule has 0 bridgehead atoms. The first-order chi connectivity index (χ1) is 15.3. The minimum absolute atomic E-state index is 0.0139. The first-order valence-electron chi connectivity index (χ1n) is 9.98. The van der Waals surface area contributed by atoms with E-state index in [-0.39, 0.29) is 21.8 Å². The third-order valence-electron chi connectivity index (χ3n) is 5.21. The molecule has 3 aromatic rings. The molecule has 0 spiro atoms. The number of nitrogens with zero attached hydrogens (tertiary/aromatic N) is 4. The molecule has 32 heavy (non-hydrogen) atoms. The zero-order chi connectivity index (χ0) is 23.0. The van der Waals surface area contributed by atoms with Gasteiger partial charge in [0.1, 0.15) is 5.15 Å². The molecular formula is C23H21Cl2N5O2. The van der Waals surface area contributed by atoms with Crippen molar-refractivity contribution >= 4 is 57.4 Å². The summed E-state index contributed by atoms with van der Waals surface area (Å²) in [6.07, 6.45) is 3.13. The maximum Gasteiger partial charge on any atom is 0.324 e. The van der Waals surface area contributed by atoms with Crippen molar-refractivity contribution in [2.75, 3.05) is 29.9 Å². The number of urea groups is 1. The molecular weight excluding hydrogens is 449 g/mol. The highest BCUT2D eigenvalue weighted by Crippen LogP contribution is 2.35. The summed E-state index contributed by atoms with van der Waals surface area (Å²) < 4.78 is 0. The van der Waals surface area contributed by atoms with E-state index in [4.69, 9.17) is 23.2 Å². The molecule has 0 radical (unpaired) electrons. The van der Waals surface area contributed by atoms with Crippen LogP contribution in [0.3, 0.4) is 0 Å². The minimum Gasteiger partial charge on any atom is -0.320 e.